The highest BCUT2D eigenvalue weighted by Crippen LogP contribution is 2.23. The number of aromatic nitrogens is 2. The maximum Gasteiger partial charge on any atom is 0.210 e. The Morgan fingerprint density at radius 3 is 2.73 bits per heavy atom. The lowest BCUT2D eigenvalue weighted by Gasteiger charge is -1.99. The number of imidazole rings is 1. The Morgan fingerprint density at radius 2 is 2.13 bits per heavy atom. The monoisotopic (exact) mass is 201 g/mol. The fourth-order valence-electron chi connectivity index (χ4n) is 1.43. The Balaban J connectivity index is 2.60. The number of aromatic amines is 1. The fourth-order valence-corrected chi connectivity index (χ4v) is 1.43. The molecular weight excluding hydrogens is 193 g/mol. The van der Waals surface area contributed by atoms with Gasteiger partial charge in [0.25, 0.3) is 0 Å². The van der Waals surface area contributed by atoms with Crippen molar-refractivity contribution >= 4 is 0 Å². The third-order valence-electron chi connectivity index (χ3n) is 2.12. The van der Waals surface area contributed by atoms with Gasteiger partial charge in [-0.2, -0.15) is 5.26 Å². The molecule has 0 unspecified atom stereocenters. The maximum absolute atomic E-state index is 13.4. The summed E-state index contributed by atoms with van der Waals surface area (Å²) in [6.45, 7) is 1.76. The largest absolute Gasteiger partial charge is 0.333 e. The average Bonchev–Trinajstić information content (AvgIpc) is 2.60. The van der Waals surface area contributed by atoms with Crippen molar-refractivity contribution in [2.75, 3.05) is 0 Å². The van der Waals surface area contributed by atoms with Crippen molar-refractivity contribution < 1.29 is 4.39 Å². The van der Waals surface area contributed by atoms with Gasteiger partial charge >= 0.3 is 0 Å². The second-order valence-electron chi connectivity index (χ2n) is 3.15. The van der Waals surface area contributed by atoms with Crippen LogP contribution in [0.25, 0.3) is 11.3 Å². The van der Waals surface area contributed by atoms with E-state index in [0.717, 1.165) is 0 Å². The second-order valence-corrected chi connectivity index (χ2v) is 3.15. The zero-order valence-corrected chi connectivity index (χ0v) is 8.08. The standard InChI is InChI=1S/C11H8FN3/c1-7-11(15-10(6-13)14-7)8-4-2-3-5-9(8)12/h2-5H,1H3,(H,14,15). The molecule has 0 bridgehead atoms. The number of rotatable bonds is 1. The number of H-pyrrole nitrogens is 1. The lowest BCUT2D eigenvalue weighted by atomic mass is 10.1. The van der Waals surface area contributed by atoms with Crippen molar-refractivity contribution in [2.24, 2.45) is 0 Å². The maximum atomic E-state index is 13.4. The predicted molar refractivity (Wildman–Crippen MR) is 53.4 cm³/mol. The van der Waals surface area contributed by atoms with Crippen molar-refractivity contribution in [3.05, 3.63) is 41.6 Å². The molecule has 1 N–H and O–H groups in total. The van der Waals surface area contributed by atoms with E-state index >= 15 is 0 Å². The van der Waals surface area contributed by atoms with E-state index in [-0.39, 0.29) is 11.6 Å². The molecule has 0 fully saturated rings. The highest BCUT2D eigenvalue weighted by Gasteiger charge is 2.11. The van der Waals surface area contributed by atoms with Gasteiger partial charge in [0.2, 0.25) is 5.82 Å². The van der Waals surface area contributed by atoms with Gasteiger partial charge in [0.1, 0.15) is 11.9 Å². The summed E-state index contributed by atoms with van der Waals surface area (Å²) in [4.78, 5) is 6.78. The molecule has 0 aliphatic heterocycles. The molecule has 1 aromatic carbocycles. The Morgan fingerprint density at radius 1 is 1.40 bits per heavy atom. The second kappa shape index (κ2) is 3.54. The van der Waals surface area contributed by atoms with Gasteiger partial charge in [-0.25, -0.2) is 9.37 Å². The summed E-state index contributed by atoms with van der Waals surface area (Å²) in [6, 6.07) is 8.25. The molecule has 0 spiro atoms. The first kappa shape index (κ1) is 9.41. The number of benzene rings is 1. The number of nitriles is 1. The molecule has 3 nitrogen and oxygen atoms in total. The normalized spacial score (nSPS) is 9.93. The predicted octanol–water partition coefficient (Wildman–Crippen LogP) is 2.40. The number of hydrogen-bond acceptors (Lipinski definition) is 2. The van der Waals surface area contributed by atoms with E-state index in [9.17, 15) is 4.39 Å². The molecule has 4 heteroatoms. The van der Waals surface area contributed by atoms with Gasteiger partial charge in [-0.05, 0) is 19.1 Å². The van der Waals surface area contributed by atoms with Crippen LogP contribution >= 0.6 is 0 Å². The first-order chi connectivity index (χ1) is 7.22. The highest BCUT2D eigenvalue weighted by atomic mass is 19.1. The number of nitrogens with one attached hydrogen (secondary N) is 1. The van der Waals surface area contributed by atoms with Gasteiger partial charge in [0.05, 0.1) is 5.69 Å². The molecular formula is C11H8FN3. The molecule has 1 aromatic heterocycles. The zero-order chi connectivity index (χ0) is 10.8. The summed E-state index contributed by atoms with van der Waals surface area (Å²) in [5.74, 6) is -0.137. The first-order valence-corrected chi connectivity index (χ1v) is 4.44. The third-order valence-corrected chi connectivity index (χ3v) is 2.12. The number of halogens is 1. The smallest absolute Gasteiger partial charge is 0.210 e. The number of nitrogens with zero attached hydrogens (tertiary/aromatic N) is 2. The molecule has 0 saturated carbocycles. The summed E-state index contributed by atoms with van der Waals surface area (Å²) in [7, 11) is 0. The lowest BCUT2D eigenvalue weighted by Crippen LogP contribution is -1.85. The molecule has 0 atom stereocenters. The van der Waals surface area contributed by atoms with Gasteiger partial charge in [-0.1, -0.05) is 12.1 Å². The van der Waals surface area contributed by atoms with Crippen molar-refractivity contribution in [2.45, 2.75) is 6.92 Å². The van der Waals surface area contributed by atoms with Crippen LogP contribution in [0.15, 0.2) is 24.3 Å². The van der Waals surface area contributed by atoms with Crippen LogP contribution in [0.1, 0.15) is 11.5 Å². The minimum absolute atomic E-state index is 0.200. The molecule has 74 valence electrons. The van der Waals surface area contributed by atoms with Crippen molar-refractivity contribution in [3.63, 3.8) is 0 Å². The van der Waals surface area contributed by atoms with Gasteiger partial charge < -0.3 is 4.98 Å². The third kappa shape index (κ3) is 1.59. The van der Waals surface area contributed by atoms with Gasteiger partial charge in [0, 0.05) is 11.3 Å². The number of hydrogen-bond donors (Lipinski definition) is 1. The summed E-state index contributed by atoms with van der Waals surface area (Å²) >= 11 is 0. The van der Waals surface area contributed by atoms with Crippen LogP contribution in [-0.4, -0.2) is 9.97 Å². The van der Waals surface area contributed by atoms with Crippen molar-refractivity contribution in [3.8, 4) is 17.3 Å². The number of aryl methyl sites for hydroxylation is 1. The summed E-state index contributed by atoms with van der Waals surface area (Å²) < 4.78 is 13.4. The van der Waals surface area contributed by atoms with Gasteiger partial charge in [0.15, 0.2) is 0 Å². The average molecular weight is 201 g/mol. The quantitative estimate of drug-likeness (QED) is 0.770. The molecule has 1 heterocycles. The van der Waals surface area contributed by atoms with Crippen molar-refractivity contribution in [1.29, 1.82) is 5.26 Å². The van der Waals surface area contributed by atoms with Gasteiger partial charge in [-0.3, -0.25) is 0 Å². The Hall–Kier alpha value is -2.15. The minimum Gasteiger partial charge on any atom is -0.333 e. The van der Waals surface area contributed by atoms with Crippen LogP contribution in [0.3, 0.4) is 0 Å². The van der Waals surface area contributed by atoms with Crippen LogP contribution in [0.2, 0.25) is 0 Å². The van der Waals surface area contributed by atoms with Crippen molar-refractivity contribution in [1.82, 2.24) is 9.97 Å². The molecule has 2 aromatic rings. The zero-order valence-electron chi connectivity index (χ0n) is 8.08. The molecule has 2 rings (SSSR count). The first-order valence-electron chi connectivity index (χ1n) is 4.44. The Labute approximate surface area is 86.2 Å². The van der Waals surface area contributed by atoms with Crippen LogP contribution in [0.4, 0.5) is 4.39 Å². The Bertz CT molecular complexity index is 537. The SMILES string of the molecule is Cc1[nH]c(C#N)nc1-c1ccccc1F. The van der Waals surface area contributed by atoms with E-state index in [1.165, 1.54) is 6.07 Å². The fraction of sp³-hybridized carbons (Fsp3) is 0.0909. The summed E-state index contributed by atoms with van der Waals surface area (Å²) in [6.07, 6.45) is 0. The summed E-state index contributed by atoms with van der Waals surface area (Å²) in [5, 5.41) is 8.65. The molecule has 0 radical (unpaired) electrons. The van der Waals surface area contributed by atoms with Crippen LogP contribution in [0.5, 0.6) is 0 Å². The van der Waals surface area contributed by atoms with E-state index in [1.807, 2.05) is 6.07 Å². The molecule has 0 amide bonds. The topological polar surface area (TPSA) is 52.5 Å². The van der Waals surface area contributed by atoms with Crippen LogP contribution in [-0.2, 0) is 0 Å². The molecule has 0 aliphatic rings. The van der Waals surface area contributed by atoms with E-state index in [4.69, 9.17) is 5.26 Å². The van der Waals surface area contributed by atoms with Gasteiger partial charge in [-0.15, -0.1) is 0 Å². The minimum atomic E-state index is -0.336. The van der Waals surface area contributed by atoms with E-state index < -0.39 is 0 Å². The van der Waals surface area contributed by atoms with E-state index in [2.05, 4.69) is 9.97 Å². The van der Waals surface area contributed by atoms with Crippen LogP contribution < -0.4 is 0 Å². The molecule has 0 saturated heterocycles. The highest BCUT2D eigenvalue weighted by molar-refractivity contribution is 5.63. The van der Waals surface area contributed by atoms with Crippen LogP contribution in [0, 0.1) is 24.1 Å². The Kier molecular flexibility index (Phi) is 2.22. The van der Waals surface area contributed by atoms with E-state index in [1.54, 1.807) is 25.1 Å². The summed E-state index contributed by atoms with van der Waals surface area (Å²) in [5.41, 5.74) is 1.59. The van der Waals surface area contributed by atoms with E-state index in [0.29, 0.717) is 17.0 Å². The lowest BCUT2D eigenvalue weighted by molar-refractivity contribution is 0.630. The molecule has 15 heavy (non-hydrogen) atoms. The molecule has 0 aliphatic carbocycles.